The molecule has 0 saturated carbocycles. The number of anilines is 2. The topological polar surface area (TPSA) is 76.7 Å². The average Bonchev–Trinajstić information content (AvgIpc) is 2.80. The van der Waals surface area contributed by atoms with Crippen molar-refractivity contribution in [2.75, 3.05) is 23.8 Å². The van der Waals surface area contributed by atoms with Gasteiger partial charge >= 0.3 is 0 Å². The molecule has 0 saturated heterocycles. The zero-order valence-corrected chi connectivity index (χ0v) is 17.7. The fraction of sp³-hybridized carbons (Fsp3) is 0.200. The number of hydrogen-bond acceptors (Lipinski definition) is 4. The first-order chi connectivity index (χ1) is 15.1. The maximum atomic E-state index is 12.5. The number of carbonyl (C=O) groups is 2. The largest absolute Gasteiger partial charge is 0.492 e. The van der Waals surface area contributed by atoms with Crippen molar-refractivity contribution in [3.05, 3.63) is 83.9 Å². The summed E-state index contributed by atoms with van der Waals surface area (Å²) in [6, 6.07) is 21.6. The van der Waals surface area contributed by atoms with Crippen molar-refractivity contribution >= 4 is 23.2 Å². The standard InChI is InChI=1S/C25H26N2O4/c1-3-18-9-5-6-10-21(18)27-25(29)19-13-15-20(16-14-19)31-17-24(28)26-22-11-7-8-12-23(22)30-4-2/h5-16H,3-4,17H2,1-2H3,(H,26,28)(H,27,29). The minimum atomic E-state index is -0.301. The highest BCUT2D eigenvalue weighted by atomic mass is 16.5. The number of amides is 2. The number of rotatable bonds is 9. The van der Waals surface area contributed by atoms with Gasteiger partial charge in [-0.3, -0.25) is 9.59 Å². The minimum absolute atomic E-state index is 0.157. The molecule has 0 heterocycles. The summed E-state index contributed by atoms with van der Waals surface area (Å²) in [5, 5.41) is 5.71. The molecular weight excluding hydrogens is 392 g/mol. The van der Waals surface area contributed by atoms with Crippen molar-refractivity contribution in [2.24, 2.45) is 0 Å². The van der Waals surface area contributed by atoms with Crippen LogP contribution in [0.5, 0.6) is 11.5 Å². The molecule has 6 heteroatoms. The van der Waals surface area contributed by atoms with Gasteiger partial charge in [-0.2, -0.15) is 0 Å². The van der Waals surface area contributed by atoms with Crippen molar-refractivity contribution in [1.29, 1.82) is 0 Å². The highest BCUT2D eigenvalue weighted by Gasteiger charge is 2.10. The van der Waals surface area contributed by atoms with Crippen molar-refractivity contribution < 1.29 is 19.1 Å². The van der Waals surface area contributed by atoms with Crippen LogP contribution in [0, 0.1) is 0 Å². The lowest BCUT2D eigenvalue weighted by Gasteiger charge is -2.12. The lowest BCUT2D eigenvalue weighted by atomic mass is 10.1. The molecule has 3 rings (SSSR count). The van der Waals surface area contributed by atoms with Gasteiger partial charge in [-0.1, -0.05) is 37.3 Å². The van der Waals surface area contributed by atoms with Gasteiger partial charge in [0, 0.05) is 11.3 Å². The van der Waals surface area contributed by atoms with Crippen molar-refractivity contribution in [1.82, 2.24) is 0 Å². The first-order valence-corrected chi connectivity index (χ1v) is 10.2. The van der Waals surface area contributed by atoms with Crippen LogP contribution in [-0.4, -0.2) is 25.0 Å². The highest BCUT2D eigenvalue weighted by molar-refractivity contribution is 6.04. The molecule has 3 aromatic rings. The van der Waals surface area contributed by atoms with Crippen LogP contribution in [0.4, 0.5) is 11.4 Å². The third kappa shape index (κ3) is 6.09. The maximum Gasteiger partial charge on any atom is 0.262 e. The van der Waals surface area contributed by atoms with Gasteiger partial charge < -0.3 is 20.1 Å². The summed E-state index contributed by atoms with van der Waals surface area (Å²) in [7, 11) is 0. The van der Waals surface area contributed by atoms with E-state index in [1.807, 2.05) is 50.2 Å². The minimum Gasteiger partial charge on any atom is -0.492 e. The Labute approximate surface area is 182 Å². The molecule has 0 aliphatic rings. The Bertz CT molecular complexity index is 1030. The molecule has 6 nitrogen and oxygen atoms in total. The lowest BCUT2D eigenvalue weighted by Crippen LogP contribution is -2.20. The van der Waals surface area contributed by atoms with Gasteiger partial charge in [0.05, 0.1) is 12.3 Å². The Hall–Kier alpha value is -3.80. The van der Waals surface area contributed by atoms with Crippen molar-refractivity contribution in [2.45, 2.75) is 20.3 Å². The molecule has 0 atom stereocenters. The number of benzene rings is 3. The van der Waals surface area contributed by atoms with Crippen LogP contribution in [0.3, 0.4) is 0 Å². The van der Waals surface area contributed by atoms with E-state index in [0.29, 0.717) is 29.4 Å². The Morgan fingerprint density at radius 2 is 1.45 bits per heavy atom. The van der Waals surface area contributed by atoms with Crippen molar-refractivity contribution in [3.8, 4) is 11.5 Å². The van der Waals surface area contributed by atoms with Gasteiger partial charge in [-0.15, -0.1) is 0 Å². The molecule has 31 heavy (non-hydrogen) atoms. The Morgan fingerprint density at radius 1 is 0.774 bits per heavy atom. The predicted octanol–water partition coefficient (Wildman–Crippen LogP) is 4.92. The molecule has 0 aliphatic heterocycles. The van der Waals surface area contributed by atoms with Crippen LogP contribution in [0.1, 0.15) is 29.8 Å². The van der Waals surface area contributed by atoms with Gasteiger partial charge in [0.2, 0.25) is 0 Å². The number of nitrogens with one attached hydrogen (secondary N) is 2. The molecule has 0 unspecified atom stereocenters. The van der Waals surface area contributed by atoms with E-state index in [0.717, 1.165) is 17.7 Å². The highest BCUT2D eigenvalue weighted by Crippen LogP contribution is 2.23. The van der Waals surface area contributed by atoms with Gasteiger partial charge in [-0.25, -0.2) is 0 Å². The van der Waals surface area contributed by atoms with E-state index >= 15 is 0 Å². The van der Waals surface area contributed by atoms with E-state index in [9.17, 15) is 9.59 Å². The molecule has 0 fully saturated rings. The summed E-state index contributed by atoms with van der Waals surface area (Å²) in [6.45, 7) is 4.28. The predicted molar refractivity (Wildman–Crippen MR) is 122 cm³/mol. The Balaban J connectivity index is 1.55. The fourth-order valence-corrected chi connectivity index (χ4v) is 3.03. The molecular formula is C25H26N2O4. The van der Waals surface area contributed by atoms with E-state index < -0.39 is 0 Å². The SMILES string of the molecule is CCOc1ccccc1NC(=O)COc1ccc(C(=O)Nc2ccccc2CC)cc1. The number of para-hydroxylation sites is 3. The quantitative estimate of drug-likeness (QED) is 0.517. The molecule has 0 bridgehead atoms. The molecule has 0 spiro atoms. The first kappa shape index (κ1) is 21.9. The molecule has 0 aromatic heterocycles. The van der Waals surface area contributed by atoms with E-state index in [2.05, 4.69) is 10.6 Å². The maximum absolute atomic E-state index is 12.5. The van der Waals surface area contributed by atoms with Crippen LogP contribution >= 0.6 is 0 Å². The molecule has 0 radical (unpaired) electrons. The number of carbonyl (C=O) groups excluding carboxylic acids is 2. The summed E-state index contributed by atoms with van der Waals surface area (Å²) >= 11 is 0. The molecule has 2 N–H and O–H groups in total. The number of aryl methyl sites for hydroxylation is 1. The van der Waals surface area contributed by atoms with Gasteiger partial charge in [0.25, 0.3) is 11.8 Å². The monoisotopic (exact) mass is 418 g/mol. The lowest BCUT2D eigenvalue weighted by molar-refractivity contribution is -0.118. The first-order valence-electron chi connectivity index (χ1n) is 10.2. The van der Waals surface area contributed by atoms with E-state index in [4.69, 9.17) is 9.47 Å². The smallest absolute Gasteiger partial charge is 0.262 e. The second kappa shape index (κ2) is 10.8. The van der Waals surface area contributed by atoms with E-state index in [1.54, 1.807) is 36.4 Å². The van der Waals surface area contributed by atoms with Crippen LogP contribution < -0.4 is 20.1 Å². The second-order valence-electron chi connectivity index (χ2n) is 6.76. The number of ether oxygens (including phenoxy) is 2. The molecule has 160 valence electrons. The van der Waals surface area contributed by atoms with Gasteiger partial charge in [-0.05, 0) is 61.4 Å². The average molecular weight is 418 g/mol. The summed E-state index contributed by atoms with van der Waals surface area (Å²) in [5.41, 5.74) is 2.98. The molecule has 0 aliphatic carbocycles. The van der Waals surface area contributed by atoms with Gasteiger partial charge in [0.1, 0.15) is 11.5 Å². The number of hydrogen-bond donors (Lipinski definition) is 2. The van der Waals surface area contributed by atoms with Crippen LogP contribution in [0.15, 0.2) is 72.8 Å². The van der Waals surface area contributed by atoms with E-state index in [1.165, 1.54) is 0 Å². The summed E-state index contributed by atoms with van der Waals surface area (Å²) < 4.78 is 11.0. The van der Waals surface area contributed by atoms with E-state index in [-0.39, 0.29) is 18.4 Å². The Kier molecular flexibility index (Phi) is 7.65. The second-order valence-corrected chi connectivity index (χ2v) is 6.76. The third-order valence-corrected chi connectivity index (χ3v) is 4.59. The Morgan fingerprint density at radius 3 is 2.16 bits per heavy atom. The summed E-state index contributed by atoms with van der Waals surface area (Å²) in [6.07, 6.45) is 0.834. The molecule has 2 amide bonds. The van der Waals surface area contributed by atoms with Crippen molar-refractivity contribution in [3.63, 3.8) is 0 Å². The van der Waals surface area contributed by atoms with Crippen LogP contribution in [0.2, 0.25) is 0 Å². The van der Waals surface area contributed by atoms with Gasteiger partial charge in [0.15, 0.2) is 6.61 Å². The zero-order chi connectivity index (χ0) is 22.1. The summed E-state index contributed by atoms with van der Waals surface area (Å²) in [5.74, 6) is 0.611. The third-order valence-electron chi connectivity index (χ3n) is 4.59. The summed E-state index contributed by atoms with van der Waals surface area (Å²) in [4.78, 5) is 24.7. The fourth-order valence-electron chi connectivity index (χ4n) is 3.03. The normalized spacial score (nSPS) is 10.3. The zero-order valence-electron chi connectivity index (χ0n) is 17.7. The molecule has 3 aromatic carbocycles. The van der Waals surface area contributed by atoms with Crippen LogP contribution in [-0.2, 0) is 11.2 Å². The van der Waals surface area contributed by atoms with Crippen LogP contribution in [0.25, 0.3) is 0 Å².